The van der Waals surface area contributed by atoms with E-state index in [4.69, 9.17) is 4.74 Å². The molecular weight excluding hydrogens is 324 g/mol. The molecular formula is C22H20N2O2. The van der Waals surface area contributed by atoms with Gasteiger partial charge in [0.1, 0.15) is 11.9 Å². The highest BCUT2D eigenvalue weighted by Crippen LogP contribution is 2.29. The molecule has 4 rings (SSSR count). The van der Waals surface area contributed by atoms with Crippen LogP contribution in [-0.2, 0) is 4.79 Å². The Bertz CT molecular complexity index is 808. The van der Waals surface area contributed by atoms with Crippen molar-refractivity contribution >= 4 is 5.91 Å². The number of amides is 1. The minimum atomic E-state index is -0.278. The number of carbonyl (C=O) groups excluding carboxylic acids is 1. The molecule has 4 nitrogen and oxygen atoms in total. The summed E-state index contributed by atoms with van der Waals surface area (Å²) in [6.45, 7) is 1.22. The second-order valence-electron chi connectivity index (χ2n) is 6.42. The molecule has 1 aromatic heterocycles. The Labute approximate surface area is 153 Å². The van der Waals surface area contributed by atoms with Gasteiger partial charge in [-0.25, -0.2) is 0 Å². The van der Waals surface area contributed by atoms with Crippen molar-refractivity contribution in [2.24, 2.45) is 0 Å². The molecule has 130 valence electrons. The number of pyridine rings is 1. The van der Waals surface area contributed by atoms with E-state index in [-0.39, 0.29) is 17.9 Å². The average Bonchev–Trinajstić information content (AvgIpc) is 2.67. The fourth-order valence-electron chi connectivity index (χ4n) is 3.25. The zero-order valence-corrected chi connectivity index (χ0v) is 14.4. The first-order valence-electron chi connectivity index (χ1n) is 8.76. The van der Waals surface area contributed by atoms with Gasteiger partial charge in [0.2, 0.25) is 5.91 Å². The van der Waals surface area contributed by atoms with Crippen LogP contribution in [0, 0.1) is 0 Å². The van der Waals surface area contributed by atoms with Crippen molar-refractivity contribution in [3.05, 3.63) is 96.3 Å². The van der Waals surface area contributed by atoms with E-state index in [1.165, 1.54) is 0 Å². The maximum Gasteiger partial charge on any atom is 0.234 e. The lowest BCUT2D eigenvalue weighted by Crippen LogP contribution is -2.57. The van der Waals surface area contributed by atoms with Crippen LogP contribution in [0.5, 0.6) is 5.75 Å². The van der Waals surface area contributed by atoms with Gasteiger partial charge in [0.25, 0.3) is 0 Å². The van der Waals surface area contributed by atoms with E-state index < -0.39 is 0 Å². The van der Waals surface area contributed by atoms with E-state index in [9.17, 15) is 4.79 Å². The Morgan fingerprint density at radius 2 is 1.42 bits per heavy atom. The van der Waals surface area contributed by atoms with Gasteiger partial charge in [0, 0.05) is 12.4 Å². The summed E-state index contributed by atoms with van der Waals surface area (Å²) in [7, 11) is 0. The van der Waals surface area contributed by atoms with E-state index in [0.29, 0.717) is 13.1 Å². The molecule has 0 aliphatic carbocycles. The lowest BCUT2D eigenvalue weighted by molar-refractivity contribution is -0.140. The lowest BCUT2D eigenvalue weighted by Gasteiger charge is -2.40. The summed E-state index contributed by atoms with van der Waals surface area (Å²) in [5.74, 6) is 0.635. The second kappa shape index (κ2) is 7.40. The van der Waals surface area contributed by atoms with Gasteiger partial charge in [-0.15, -0.1) is 0 Å². The monoisotopic (exact) mass is 344 g/mol. The van der Waals surface area contributed by atoms with Crippen LogP contribution in [0.25, 0.3) is 0 Å². The van der Waals surface area contributed by atoms with Gasteiger partial charge in [-0.05, 0) is 23.3 Å². The Balaban J connectivity index is 1.48. The van der Waals surface area contributed by atoms with Gasteiger partial charge in [0.15, 0.2) is 0 Å². The predicted molar refractivity (Wildman–Crippen MR) is 100.0 cm³/mol. The molecule has 2 heterocycles. The molecule has 1 aliphatic rings. The van der Waals surface area contributed by atoms with E-state index in [2.05, 4.69) is 4.98 Å². The highest BCUT2D eigenvalue weighted by Gasteiger charge is 2.36. The number of carbonyl (C=O) groups is 1. The molecule has 1 fully saturated rings. The molecule has 2 aromatic carbocycles. The molecule has 3 aromatic rings. The molecule has 0 saturated carbocycles. The molecule has 0 atom stereocenters. The molecule has 0 unspecified atom stereocenters. The van der Waals surface area contributed by atoms with Crippen molar-refractivity contribution in [1.82, 2.24) is 9.88 Å². The first-order valence-corrected chi connectivity index (χ1v) is 8.76. The van der Waals surface area contributed by atoms with Crippen molar-refractivity contribution in [2.75, 3.05) is 13.1 Å². The summed E-state index contributed by atoms with van der Waals surface area (Å²) in [6, 6.07) is 23.6. The van der Waals surface area contributed by atoms with Crippen LogP contribution in [0.15, 0.2) is 85.2 Å². The number of hydrogen-bond donors (Lipinski definition) is 0. The summed E-state index contributed by atoms with van der Waals surface area (Å²) in [5, 5.41) is 0. The number of aromatic nitrogens is 1. The maximum absolute atomic E-state index is 13.2. The van der Waals surface area contributed by atoms with Crippen LogP contribution in [0.2, 0.25) is 0 Å². The number of ether oxygens (including phenoxy) is 1. The van der Waals surface area contributed by atoms with E-state index in [1.807, 2.05) is 77.7 Å². The highest BCUT2D eigenvalue weighted by atomic mass is 16.5. The fraction of sp³-hybridized carbons (Fsp3) is 0.182. The van der Waals surface area contributed by atoms with Crippen LogP contribution in [0.1, 0.15) is 17.0 Å². The van der Waals surface area contributed by atoms with Crippen molar-refractivity contribution in [3.63, 3.8) is 0 Å². The van der Waals surface area contributed by atoms with Gasteiger partial charge in [0.05, 0.1) is 19.0 Å². The molecule has 1 aliphatic heterocycles. The number of rotatable bonds is 5. The normalized spacial score (nSPS) is 14.1. The second-order valence-corrected chi connectivity index (χ2v) is 6.42. The number of benzene rings is 2. The molecule has 4 heteroatoms. The van der Waals surface area contributed by atoms with Crippen LogP contribution < -0.4 is 4.74 Å². The molecule has 0 radical (unpaired) electrons. The molecule has 0 N–H and O–H groups in total. The molecule has 0 spiro atoms. The van der Waals surface area contributed by atoms with E-state index in [1.54, 1.807) is 12.4 Å². The van der Waals surface area contributed by atoms with Gasteiger partial charge in [-0.1, -0.05) is 60.7 Å². The largest absolute Gasteiger partial charge is 0.487 e. The van der Waals surface area contributed by atoms with Crippen LogP contribution in [-0.4, -0.2) is 35.0 Å². The highest BCUT2D eigenvalue weighted by molar-refractivity contribution is 5.88. The summed E-state index contributed by atoms with van der Waals surface area (Å²) in [6.07, 6.45) is 3.45. The van der Waals surface area contributed by atoms with Crippen molar-refractivity contribution < 1.29 is 9.53 Å². The van der Waals surface area contributed by atoms with Crippen LogP contribution in [0.3, 0.4) is 0 Å². The van der Waals surface area contributed by atoms with Gasteiger partial charge < -0.3 is 9.64 Å². The lowest BCUT2D eigenvalue weighted by atomic mass is 9.89. The maximum atomic E-state index is 13.2. The number of nitrogens with zero attached hydrogens (tertiary/aromatic N) is 2. The molecule has 0 bridgehead atoms. The minimum absolute atomic E-state index is 0.0357. The Hall–Kier alpha value is -3.14. The SMILES string of the molecule is O=C(C(c1ccccc1)c1ccccc1)N1CC(Oc2ccncc2)C1. The first-order chi connectivity index (χ1) is 12.8. The summed E-state index contributed by atoms with van der Waals surface area (Å²) in [4.78, 5) is 19.0. The third-order valence-corrected chi connectivity index (χ3v) is 4.62. The zero-order valence-electron chi connectivity index (χ0n) is 14.4. The summed E-state index contributed by atoms with van der Waals surface area (Å²) in [5.41, 5.74) is 2.03. The van der Waals surface area contributed by atoms with Crippen molar-refractivity contribution in [3.8, 4) is 5.75 Å². The number of hydrogen-bond acceptors (Lipinski definition) is 3. The smallest absolute Gasteiger partial charge is 0.234 e. The average molecular weight is 344 g/mol. The molecule has 26 heavy (non-hydrogen) atoms. The third-order valence-electron chi connectivity index (χ3n) is 4.62. The van der Waals surface area contributed by atoms with Gasteiger partial charge in [-0.2, -0.15) is 0 Å². The van der Waals surface area contributed by atoms with Crippen LogP contribution >= 0.6 is 0 Å². The quantitative estimate of drug-likeness (QED) is 0.711. The standard InChI is InChI=1S/C22H20N2O2/c25-22(24-15-20(16-24)26-19-11-13-23-14-12-19)21(17-7-3-1-4-8-17)18-9-5-2-6-10-18/h1-14,20-21H,15-16H2. The van der Waals surface area contributed by atoms with E-state index in [0.717, 1.165) is 16.9 Å². The fourth-order valence-corrected chi connectivity index (χ4v) is 3.25. The van der Waals surface area contributed by atoms with Crippen LogP contribution in [0.4, 0.5) is 0 Å². The van der Waals surface area contributed by atoms with Gasteiger partial charge in [-0.3, -0.25) is 9.78 Å². The third kappa shape index (κ3) is 3.45. The van der Waals surface area contributed by atoms with Crippen molar-refractivity contribution in [1.29, 1.82) is 0 Å². The number of likely N-dealkylation sites (tertiary alicyclic amines) is 1. The van der Waals surface area contributed by atoms with E-state index >= 15 is 0 Å². The molecule has 1 amide bonds. The summed E-state index contributed by atoms with van der Waals surface area (Å²) >= 11 is 0. The summed E-state index contributed by atoms with van der Waals surface area (Å²) < 4.78 is 5.89. The Morgan fingerprint density at radius 3 is 1.96 bits per heavy atom. The Morgan fingerprint density at radius 1 is 0.885 bits per heavy atom. The Kier molecular flexibility index (Phi) is 4.65. The minimum Gasteiger partial charge on any atom is -0.487 e. The van der Waals surface area contributed by atoms with Crippen molar-refractivity contribution in [2.45, 2.75) is 12.0 Å². The van der Waals surface area contributed by atoms with Gasteiger partial charge >= 0.3 is 0 Å². The molecule has 1 saturated heterocycles. The first kappa shape index (κ1) is 16.3. The topological polar surface area (TPSA) is 42.4 Å². The zero-order chi connectivity index (χ0) is 17.8. The predicted octanol–water partition coefficient (Wildman–Crippen LogP) is 3.50.